The maximum Gasteiger partial charge on any atom is 0.346 e. The molecule has 1 aliphatic carbocycles. The van der Waals surface area contributed by atoms with Crippen LogP contribution < -0.4 is 0 Å². The Morgan fingerprint density at radius 1 is 0.684 bits per heavy atom. The first-order chi connectivity index (χ1) is 8.93. The molecule has 3 nitrogen and oxygen atoms in total. The molecule has 0 atom stereocenters. The van der Waals surface area contributed by atoms with E-state index in [1.807, 2.05) is 0 Å². The molecule has 3 heteroatoms. The Morgan fingerprint density at radius 3 is 1.32 bits per heavy atom. The maximum absolute atomic E-state index is 10.8. The van der Waals surface area contributed by atoms with Gasteiger partial charge < -0.3 is 4.74 Å². The predicted molar refractivity (Wildman–Crippen MR) is 72.9 cm³/mol. The van der Waals surface area contributed by atoms with Crippen LogP contribution in [-0.4, -0.2) is 11.9 Å². The molecule has 0 fully saturated rings. The summed E-state index contributed by atoms with van der Waals surface area (Å²) in [6.45, 7) is 8.71. The molecule has 0 bridgehead atoms. The van der Waals surface area contributed by atoms with Crippen LogP contribution in [0.3, 0.4) is 0 Å². The molecule has 0 spiro atoms. The Bertz CT molecular complexity index is 547. The number of fused-ring (bicyclic) bond motifs is 1. The van der Waals surface area contributed by atoms with Gasteiger partial charge in [0, 0.05) is 0 Å². The molecule has 1 heterocycles. The summed E-state index contributed by atoms with van der Waals surface area (Å²) < 4.78 is 4.35. The van der Waals surface area contributed by atoms with Crippen LogP contribution in [0.25, 0.3) is 0 Å². The number of carbonyl (C=O) groups is 2. The standard InChI is InChI=1S/C8H4O3.C8H12/c9-7-5-3-1-2-4-6(5)8(10)11-7;1-5-6(2)8(4)7(5)3/h1-4H;1-4H3. The van der Waals surface area contributed by atoms with Crippen molar-refractivity contribution in [2.75, 3.05) is 0 Å². The number of esters is 2. The molecule has 0 radical (unpaired) electrons. The number of hydrogen-bond acceptors (Lipinski definition) is 3. The summed E-state index contributed by atoms with van der Waals surface area (Å²) in [5.74, 6) is -1.10. The van der Waals surface area contributed by atoms with Crippen molar-refractivity contribution >= 4 is 11.9 Å². The van der Waals surface area contributed by atoms with E-state index < -0.39 is 11.9 Å². The van der Waals surface area contributed by atoms with Crippen LogP contribution in [0.15, 0.2) is 46.6 Å². The van der Waals surface area contributed by atoms with Crippen molar-refractivity contribution in [3.8, 4) is 0 Å². The van der Waals surface area contributed by atoms with E-state index in [-0.39, 0.29) is 0 Å². The Morgan fingerprint density at radius 2 is 1.00 bits per heavy atom. The number of rotatable bonds is 0. The summed E-state index contributed by atoms with van der Waals surface area (Å²) in [4.78, 5) is 21.7. The molecule has 0 amide bonds. The molecule has 1 aliphatic heterocycles. The highest BCUT2D eigenvalue weighted by Crippen LogP contribution is 2.33. The van der Waals surface area contributed by atoms with E-state index in [0.717, 1.165) is 0 Å². The molecule has 3 rings (SSSR count). The first kappa shape index (κ1) is 13.3. The SMILES string of the molecule is CC1=C(C)C(C)=C1C.O=C1OC(=O)c2ccccc21. The lowest BCUT2D eigenvalue weighted by Gasteiger charge is -2.21. The summed E-state index contributed by atoms with van der Waals surface area (Å²) in [6, 6.07) is 6.53. The smallest absolute Gasteiger partial charge is 0.346 e. The number of hydrogen-bond donors (Lipinski definition) is 0. The third kappa shape index (κ3) is 2.24. The molecule has 2 aliphatic rings. The van der Waals surface area contributed by atoms with Gasteiger partial charge in [-0.3, -0.25) is 0 Å². The zero-order chi connectivity index (χ0) is 14.2. The molecular formula is C16H16O3. The fourth-order valence-electron chi connectivity index (χ4n) is 2.10. The van der Waals surface area contributed by atoms with Crippen molar-refractivity contribution in [1.82, 2.24) is 0 Å². The lowest BCUT2D eigenvalue weighted by molar-refractivity contribution is 0.0444. The normalized spacial score (nSPS) is 16.6. The number of ether oxygens (including phenoxy) is 1. The molecule has 0 saturated carbocycles. The third-order valence-corrected chi connectivity index (χ3v) is 3.80. The Balaban J connectivity index is 0.000000148. The van der Waals surface area contributed by atoms with Crippen molar-refractivity contribution in [2.45, 2.75) is 27.7 Å². The minimum Gasteiger partial charge on any atom is -0.386 e. The van der Waals surface area contributed by atoms with Gasteiger partial charge in [0.1, 0.15) is 0 Å². The lowest BCUT2D eigenvalue weighted by Crippen LogP contribution is -2.01. The predicted octanol–water partition coefficient (Wildman–Crippen LogP) is 3.67. The van der Waals surface area contributed by atoms with E-state index in [4.69, 9.17) is 0 Å². The van der Waals surface area contributed by atoms with Gasteiger partial charge in [-0.1, -0.05) is 12.1 Å². The van der Waals surface area contributed by atoms with Gasteiger partial charge >= 0.3 is 11.9 Å². The Hall–Kier alpha value is -2.16. The van der Waals surface area contributed by atoms with Crippen molar-refractivity contribution in [1.29, 1.82) is 0 Å². The second kappa shape index (κ2) is 4.84. The zero-order valence-corrected chi connectivity index (χ0v) is 11.5. The molecule has 0 aromatic heterocycles. The molecule has 1 aromatic rings. The van der Waals surface area contributed by atoms with Gasteiger partial charge in [0.2, 0.25) is 0 Å². The van der Waals surface area contributed by atoms with Crippen molar-refractivity contribution < 1.29 is 14.3 Å². The number of benzene rings is 1. The lowest BCUT2D eigenvalue weighted by atomic mass is 9.84. The second-order valence-corrected chi connectivity index (χ2v) is 4.72. The van der Waals surface area contributed by atoms with E-state index in [1.54, 1.807) is 24.3 Å². The van der Waals surface area contributed by atoms with E-state index in [0.29, 0.717) is 11.1 Å². The minimum atomic E-state index is -0.550. The van der Waals surface area contributed by atoms with E-state index >= 15 is 0 Å². The summed E-state index contributed by atoms with van der Waals surface area (Å²) in [5.41, 5.74) is 6.67. The van der Waals surface area contributed by atoms with Crippen molar-refractivity contribution in [2.24, 2.45) is 0 Å². The van der Waals surface area contributed by atoms with Crippen molar-refractivity contribution in [3.63, 3.8) is 0 Å². The quantitative estimate of drug-likeness (QED) is 0.525. The third-order valence-electron chi connectivity index (χ3n) is 3.80. The van der Waals surface area contributed by atoms with Crippen molar-refractivity contribution in [3.05, 3.63) is 57.7 Å². The molecule has 0 unspecified atom stereocenters. The first-order valence-electron chi connectivity index (χ1n) is 6.14. The highest BCUT2D eigenvalue weighted by Gasteiger charge is 2.28. The number of cyclic esters (lactones) is 2. The Kier molecular flexibility index (Phi) is 3.38. The summed E-state index contributed by atoms with van der Waals surface area (Å²) in [6.07, 6.45) is 0. The zero-order valence-electron chi connectivity index (χ0n) is 11.5. The average molecular weight is 256 g/mol. The highest BCUT2D eigenvalue weighted by atomic mass is 16.6. The van der Waals surface area contributed by atoms with Crippen LogP contribution >= 0.6 is 0 Å². The molecule has 0 N–H and O–H groups in total. The van der Waals surface area contributed by atoms with Crippen LogP contribution in [0.5, 0.6) is 0 Å². The van der Waals surface area contributed by atoms with Crippen LogP contribution in [-0.2, 0) is 4.74 Å². The summed E-state index contributed by atoms with van der Waals surface area (Å²) >= 11 is 0. The van der Waals surface area contributed by atoms with Gasteiger partial charge in [-0.2, -0.15) is 0 Å². The molecule has 19 heavy (non-hydrogen) atoms. The monoisotopic (exact) mass is 256 g/mol. The fraction of sp³-hybridized carbons (Fsp3) is 0.250. The first-order valence-corrected chi connectivity index (χ1v) is 6.14. The molecule has 1 aromatic carbocycles. The van der Waals surface area contributed by atoms with Gasteiger partial charge in [0.15, 0.2) is 0 Å². The summed E-state index contributed by atoms with van der Waals surface area (Å²) in [7, 11) is 0. The van der Waals surface area contributed by atoms with Crippen LogP contribution in [0.2, 0.25) is 0 Å². The van der Waals surface area contributed by atoms with Crippen LogP contribution in [0.1, 0.15) is 48.4 Å². The molecular weight excluding hydrogens is 240 g/mol. The van der Waals surface area contributed by atoms with E-state index in [9.17, 15) is 9.59 Å². The average Bonchev–Trinajstić information content (AvgIpc) is 2.73. The minimum absolute atomic E-state index is 0.359. The second-order valence-electron chi connectivity index (χ2n) is 4.72. The largest absolute Gasteiger partial charge is 0.386 e. The van der Waals surface area contributed by atoms with Gasteiger partial charge in [0.05, 0.1) is 11.1 Å². The summed E-state index contributed by atoms with van der Waals surface area (Å²) in [5, 5.41) is 0. The molecule has 0 saturated heterocycles. The highest BCUT2D eigenvalue weighted by molar-refractivity contribution is 6.14. The number of carbonyl (C=O) groups excluding carboxylic acids is 2. The van der Waals surface area contributed by atoms with Gasteiger partial charge in [-0.25, -0.2) is 9.59 Å². The van der Waals surface area contributed by atoms with Gasteiger partial charge in [-0.15, -0.1) is 0 Å². The topological polar surface area (TPSA) is 43.4 Å². The van der Waals surface area contributed by atoms with Crippen LogP contribution in [0.4, 0.5) is 0 Å². The van der Waals surface area contributed by atoms with E-state index in [1.165, 1.54) is 22.3 Å². The van der Waals surface area contributed by atoms with E-state index in [2.05, 4.69) is 32.4 Å². The number of allylic oxidation sites excluding steroid dienone is 4. The van der Waals surface area contributed by atoms with Gasteiger partial charge in [0.25, 0.3) is 0 Å². The molecule has 98 valence electrons. The fourth-order valence-corrected chi connectivity index (χ4v) is 2.10. The van der Waals surface area contributed by atoms with Gasteiger partial charge in [-0.05, 0) is 62.1 Å². The maximum atomic E-state index is 10.8. The van der Waals surface area contributed by atoms with Crippen LogP contribution in [0, 0.1) is 0 Å². The Labute approximate surface area is 112 Å².